The molecule has 0 atom stereocenters. The second-order valence-electron chi connectivity index (χ2n) is 7.53. The number of rotatable bonds is 6. The zero-order chi connectivity index (χ0) is 22.7. The van der Waals surface area contributed by atoms with Gasteiger partial charge in [-0.3, -0.25) is 10.1 Å². The molecule has 1 fully saturated rings. The molecule has 11 heteroatoms. The molecule has 3 aromatic rings. The molecule has 0 saturated carbocycles. The van der Waals surface area contributed by atoms with Crippen molar-refractivity contribution in [1.29, 1.82) is 0 Å². The van der Waals surface area contributed by atoms with E-state index in [-0.39, 0.29) is 11.7 Å². The van der Waals surface area contributed by atoms with E-state index >= 15 is 0 Å². The Balaban J connectivity index is 1.38. The summed E-state index contributed by atoms with van der Waals surface area (Å²) in [4.78, 5) is 14.7. The van der Waals surface area contributed by atoms with Crippen molar-refractivity contribution < 1.29 is 13.2 Å². The minimum absolute atomic E-state index is 0.0839. The fourth-order valence-electron chi connectivity index (χ4n) is 3.27. The number of carbonyl (C=O) groups excluding carboxylic acids is 1. The lowest BCUT2D eigenvalue weighted by molar-refractivity contribution is 0.102. The summed E-state index contributed by atoms with van der Waals surface area (Å²) in [6.45, 7) is 2.45. The molecular weight excluding hydrogens is 470 g/mol. The Kier molecular flexibility index (Phi) is 6.87. The van der Waals surface area contributed by atoms with Crippen molar-refractivity contribution >= 4 is 44.0 Å². The first-order valence-electron chi connectivity index (χ1n) is 9.96. The number of hydrogen-bond donors (Lipinski definition) is 1. The predicted molar refractivity (Wildman–Crippen MR) is 126 cm³/mol. The van der Waals surface area contributed by atoms with Crippen LogP contribution in [0.1, 0.15) is 15.9 Å². The zero-order valence-corrected chi connectivity index (χ0v) is 19.8. The molecule has 1 amide bonds. The van der Waals surface area contributed by atoms with Gasteiger partial charge < -0.3 is 4.90 Å². The molecule has 1 aromatic heterocycles. The van der Waals surface area contributed by atoms with E-state index in [2.05, 4.69) is 20.4 Å². The normalized spacial score (nSPS) is 15.6. The summed E-state index contributed by atoms with van der Waals surface area (Å²) >= 11 is 7.16. The van der Waals surface area contributed by atoms with Gasteiger partial charge in [-0.15, -0.1) is 10.2 Å². The van der Waals surface area contributed by atoms with Crippen molar-refractivity contribution in [1.82, 2.24) is 19.4 Å². The highest BCUT2D eigenvalue weighted by molar-refractivity contribution is 7.88. The van der Waals surface area contributed by atoms with Gasteiger partial charge in [-0.25, -0.2) is 8.42 Å². The molecule has 4 rings (SSSR count). The minimum Gasteiger partial charge on any atom is -0.304 e. The highest BCUT2D eigenvalue weighted by Crippen LogP contribution is 2.27. The van der Waals surface area contributed by atoms with Crippen LogP contribution in [0.3, 0.4) is 0 Å². The lowest BCUT2D eigenvalue weighted by atomic mass is 10.1. The van der Waals surface area contributed by atoms with Crippen LogP contribution in [0, 0.1) is 0 Å². The predicted octanol–water partition coefficient (Wildman–Crippen LogP) is 3.19. The van der Waals surface area contributed by atoms with Gasteiger partial charge in [0.25, 0.3) is 5.91 Å². The van der Waals surface area contributed by atoms with Crippen LogP contribution in [-0.2, 0) is 15.8 Å². The third kappa shape index (κ3) is 5.51. The number of likely N-dealkylation sites (N-methyl/N-ethyl adjacent to an activating group) is 1. The smallest absolute Gasteiger partial charge is 0.257 e. The van der Waals surface area contributed by atoms with E-state index in [4.69, 9.17) is 11.6 Å². The second kappa shape index (κ2) is 9.63. The largest absolute Gasteiger partial charge is 0.304 e. The number of aromatic nitrogens is 2. The first-order valence-corrected chi connectivity index (χ1v) is 12.8. The van der Waals surface area contributed by atoms with Gasteiger partial charge in [-0.1, -0.05) is 47.2 Å². The molecule has 0 bridgehead atoms. The Labute approximate surface area is 195 Å². The molecule has 1 saturated heterocycles. The first kappa shape index (κ1) is 22.8. The van der Waals surface area contributed by atoms with Gasteiger partial charge in [0.1, 0.15) is 5.01 Å². The van der Waals surface area contributed by atoms with Crippen LogP contribution in [0.4, 0.5) is 5.13 Å². The summed E-state index contributed by atoms with van der Waals surface area (Å²) in [6, 6.07) is 13.8. The van der Waals surface area contributed by atoms with Crippen LogP contribution < -0.4 is 5.32 Å². The standard InChI is InChI=1S/C21H22ClN5O3S2/c1-26-10-12-27(13-11-26)32(29,30)14-15-2-4-16(5-3-15)19(28)23-21-25-24-20(31-21)17-6-8-18(22)9-7-17/h2-9H,10-14H2,1H3,(H,23,25,28). The summed E-state index contributed by atoms with van der Waals surface area (Å²) in [5.41, 5.74) is 1.91. The van der Waals surface area contributed by atoms with E-state index in [0.29, 0.717) is 39.4 Å². The van der Waals surface area contributed by atoms with E-state index in [0.717, 1.165) is 18.7 Å². The third-order valence-electron chi connectivity index (χ3n) is 5.16. The first-order chi connectivity index (χ1) is 15.3. The van der Waals surface area contributed by atoms with E-state index < -0.39 is 10.0 Å². The summed E-state index contributed by atoms with van der Waals surface area (Å²) in [5.74, 6) is -0.420. The molecular formula is C21H22ClN5O3S2. The molecule has 0 spiro atoms. The van der Waals surface area contributed by atoms with Crippen LogP contribution in [0.15, 0.2) is 48.5 Å². The quantitative estimate of drug-likeness (QED) is 0.569. The van der Waals surface area contributed by atoms with Gasteiger partial charge >= 0.3 is 0 Å². The lowest BCUT2D eigenvalue weighted by Crippen LogP contribution is -2.47. The lowest BCUT2D eigenvalue weighted by Gasteiger charge is -2.31. The molecule has 1 aliphatic heterocycles. The van der Waals surface area contributed by atoms with Crippen molar-refractivity contribution in [2.75, 3.05) is 38.5 Å². The summed E-state index contributed by atoms with van der Waals surface area (Å²) in [5, 5.41) is 12.5. The number of sulfonamides is 1. The molecule has 0 unspecified atom stereocenters. The van der Waals surface area contributed by atoms with Crippen molar-refractivity contribution in [3.63, 3.8) is 0 Å². The number of piperazine rings is 1. The van der Waals surface area contributed by atoms with E-state index in [9.17, 15) is 13.2 Å². The van der Waals surface area contributed by atoms with E-state index in [1.807, 2.05) is 19.2 Å². The average Bonchev–Trinajstić information content (AvgIpc) is 3.23. The summed E-state index contributed by atoms with van der Waals surface area (Å²) < 4.78 is 26.9. The van der Waals surface area contributed by atoms with Gasteiger partial charge in [-0.05, 0) is 36.9 Å². The molecule has 1 N–H and O–H groups in total. The highest BCUT2D eigenvalue weighted by Gasteiger charge is 2.25. The fourth-order valence-corrected chi connectivity index (χ4v) is 5.66. The summed E-state index contributed by atoms with van der Waals surface area (Å²) in [6.07, 6.45) is 0. The van der Waals surface area contributed by atoms with E-state index in [1.165, 1.54) is 15.6 Å². The molecule has 0 aliphatic carbocycles. The molecule has 8 nitrogen and oxygen atoms in total. The Morgan fingerprint density at radius 3 is 2.34 bits per heavy atom. The van der Waals surface area contributed by atoms with Gasteiger partial charge in [0.2, 0.25) is 15.2 Å². The van der Waals surface area contributed by atoms with Crippen LogP contribution >= 0.6 is 22.9 Å². The van der Waals surface area contributed by atoms with Gasteiger partial charge in [0, 0.05) is 42.3 Å². The number of halogens is 1. The molecule has 2 heterocycles. The van der Waals surface area contributed by atoms with Crippen molar-refractivity contribution in [3.8, 4) is 10.6 Å². The molecule has 2 aromatic carbocycles. The van der Waals surface area contributed by atoms with Crippen LogP contribution in [0.2, 0.25) is 5.02 Å². The van der Waals surface area contributed by atoms with Crippen molar-refractivity contribution in [3.05, 3.63) is 64.7 Å². The Morgan fingerprint density at radius 2 is 1.69 bits per heavy atom. The number of anilines is 1. The molecule has 168 valence electrons. The monoisotopic (exact) mass is 491 g/mol. The topological polar surface area (TPSA) is 95.5 Å². The molecule has 1 aliphatic rings. The number of amides is 1. The average molecular weight is 492 g/mol. The molecule has 0 radical (unpaired) electrons. The molecule has 32 heavy (non-hydrogen) atoms. The minimum atomic E-state index is -3.39. The van der Waals surface area contributed by atoms with Crippen LogP contribution in [0.25, 0.3) is 10.6 Å². The Bertz CT molecular complexity index is 1190. The number of nitrogens with one attached hydrogen (secondary N) is 1. The Morgan fingerprint density at radius 1 is 1.03 bits per heavy atom. The van der Waals surface area contributed by atoms with Crippen molar-refractivity contribution in [2.24, 2.45) is 0 Å². The van der Waals surface area contributed by atoms with Crippen LogP contribution in [0.5, 0.6) is 0 Å². The van der Waals surface area contributed by atoms with E-state index in [1.54, 1.807) is 36.4 Å². The number of hydrogen-bond acceptors (Lipinski definition) is 7. The van der Waals surface area contributed by atoms with Crippen LogP contribution in [-0.4, -0.2) is 67.0 Å². The highest BCUT2D eigenvalue weighted by atomic mass is 35.5. The van der Waals surface area contributed by atoms with Gasteiger partial charge in [-0.2, -0.15) is 4.31 Å². The fraction of sp³-hybridized carbons (Fsp3) is 0.286. The third-order valence-corrected chi connectivity index (χ3v) is 8.15. The second-order valence-corrected chi connectivity index (χ2v) is 10.9. The maximum absolute atomic E-state index is 12.7. The SMILES string of the molecule is CN1CCN(S(=O)(=O)Cc2ccc(C(=O)Nc3nnc(-c4ccc(Cl)cc4)s3)cc2)CC1. The van der Waals surface area contributed by atoms with Gasteiger partial charge in [0.05, 0.1) is 5.75 Å². The zero-order valence-electron chi connectivity index (χ0n) is 17.4. The van der Waals surface area contributed by atoms with Crippen molar-refractivity contribution in [2.45, 2.75) is 5.75 Å². The number of carbonyl (C=O) groups is 1. The maximum Gasteiger partial charge on any atom is 0.257 e. The van der Waals surface area contributed by atoms with Gasteiger partial charge in [0.15, 0.2) is 0 Å². The maximum atomic E-state index is 12.7. The Hall–Kier alpha value is -2.37. The number of nitrogens with zero attached hydrogens (tertiary/aromatic N) is 4. The summed E-state index contributed by atoms with van der Waals surface area (Å²) in [7, 11) is -1.41. The number of benzene rings is 2.